The summed E-state index contributed by atoms with van der Waals surface area (Å²) in [6.07, 6.45) is 3.03. The van der Waals surface area contributed by atoms with Crippen molar-refractivity contribution in [3.63, 3.8) is 0 Å². The summed E-state index contributed by atoms with van der Waals surface area (Å²) in [6.45, 7) is 5.01. The third-order valence-corrected chi connectivity index (χ3v) is 7.32. The molecule has 0 aliphatic carbocycles. The lowest BCUT2D eigenvalue weighted by Crippen LogP contribution is -2.46. The Kier molecular flexibility index (Phi) is 7.70. The van der Waals surface area contributed by atoms with E-state index in [0.29, 0.717) is 54.5 Å². The van der Waals surface area contributed by atoms with Crippen LogP contribution in [0.3, 0.4) is 0 Å². The quantitative estimate of drug-likeness (QED) is 0.427. The number of alkyl halides is 2. The molecule has 12 heteroatoms. The number of carbonyl (C=O) groups is 1. The Morgan fingerprint density at radius 3 is 2.87 bits per heavy atom. The lowest BCUT2D eigenvalue weighted by molar-refractivity contribution is 0.0142. The van der Waals surface area contributed by atoms with E-state index in [1.165, 1.54) is 0 Å². The summed E-state index contributed by atoms with van der Waals surface area (Å²) < 4.78 is 35.5. The van der Waals surface area contributed by atoms with Crippen LogP contribution in [-0.2, 0) is 4.74 Å². The number of aromatic nitrogens is 4. The number of anilines is 3. The topological polar surface area (TPSA) is 117 Å². The minimum Gasteiger partial charge on any atom is -0.390 e. The highest BCUT2D eigenvalue weighted by Gasteiger charge is 2.30. The van der Waals surface area contributed by atoms with Gasteiger partial charge in [-0.25, -0.2) is 18.7 Å². The third-order valence-electron chi connectivity index (χ3n) is 7.32. The Morgan fingerprint density at radius 2 is 2.11 bits per heavy atom. The normalized spacial score (nSPS) is 24.8. The molecule has 0 bridgehead atoms. The number of hydrogen-bond donors (Lipinski definition) is 3. The highest BCUT2D eigenvalue weighted by atomic mass is 19.1. The number of hydrogen-bond acceptors (Lipinski definition) is 8. The van der Waals surface area contributed by atoms with E-state index < -0.39 is 24.5 Å². The van der Waals surface area contributed by atoms with Crippen LogP contribution in [0.2, 0.25) is 0 Å². The number of nitrogens with one attached hydrogen (secondary N) is 2. The first kappa shape index (κ1) is 26.2. The number of aliphatic hydroxyl groups is 1. The molecule has 1 amide bonds. The Labute approximate surface area is 219 Å². The minimum absolute atomic E-state index is 0.0189. The van der Waals surface area contributed by atoms with Crippen LogP contribution in [0, 0.1) is 0 Å². The van der Waals surface area contributed by atoms with Crippen molar-refractivity contribution >= 4 is 34.4 Å². The third kappa shape index (κ3) is 5.41. The lowest BCUT2D eigenvalue weighted by atomic mass is 10.1. The Morgan fingerprint density at radius 1 is 1.26 bits per heavy atom. The molecule has 0 radical (unpaired) electrons. The molecule has 3 aromatic heterocycles. The minimum atomic E-state index is -1.35. The van der Waals surface area contributed by atoms with Gasteiger partial charge in [-0.2, -0.15) is 4.98 Å². The number of nitrogens with zero attached hydrogens (tertiary/aromatic N) is 5. The van der Waals surface area contributed by atoms with Crippen molar-refractivity contribution < 1.29 is 23.4 Å². The van der Waals surface area contributed by atoms with E-state index in [1.54, 1.807) is 29.6 Å². The molecule has 0 spiro atoms. The molecule has 3 N–H and O–H groups in total. The van der Waals surface area contributed by atoms with Crippen LogP contribution < -0.4 is 15.5 Å². The second-order valence-corrected chi connectivity index (χ2v) is 9.94. The molecule has 2 saturated heterocycles. The number of aliphatic hydroxyl groups excluding tert-OH is 1. The standard InChI is InChI=1S/C26H33F2N7O3/c1-3-15(2)35-12-17(25(37)31-20-6-9-38-14-19(20)28)16-11-30-24(10-21(16)35)32-23-4-7-29-26(33-23)34-8-5-22(36)18(27)13-34/h4,7,10-12,15,18-20,22,36H,3,5-6,8-9,13-14H2,1-2H3,(H,31,37)(H,29,30,32,33)/t15?,18-,19+,20-,22+/m0/s1. The van der Waals surface area contributed by atoms with Gasteiger partial charge >= 0.3 is 0 Å². The fraction of sp³-hybridized carbons (Fsp3) is 0.538. The Balaban J connectivity index is 1.40. The molecule has 38 heavy (non-hydrogen) atoms. The lowest BCUT2D eigenvalue weighted by Gasteiger charge is -2.32. The van der Waals surface area contributed by atoms with E-state index in [2.05, 4.69) is 39.4 Å². The molecule has 2 fully saturated rings. The van der Waals surface area contributed by atoms with Gasteiger partial charge in [-0.05, 0) is 32.3 Å². The van der Waals surface area contributed by atoms with Crippen molar-refractivity contribution in [2.75, 3.05) is 36.5 Å². The summed E-state index contributed by atoms with van der Waals surface area (Å²) in [7, 11) is 0. The monoisotopic (exact) mass is 529 g/mol. The first-order chi connectivity index (χ1) is 18.3. The van der Waals surface area contributed by atoms with Gasteiger partial charge in [-0.15, -0.1) is 0 Å². The van der Waals surface area contributed by atoms with Gasteiger partial charge in [0.1, 0.15) is 24.0 Å². The van der Waals surface area contributed by atoms with Crippen LogP contribution >= 0.6 is 0 Å². The van der Waals surface area contributed by atoms with Gasteiger partial charge in [-0.1, -0.05) is 6.92 Å². The van der Waals surface area contributed by atoms with Crippen LogP contribution in [-0.4, -0.2) is 81.3 Å². The fourth-order valence-corrected chi connectivity index (χ4v) is 4.84. The maximum atomic E-state index is 14.3. The van der Waals surface area contributed by atoms with Crippen LogP contribution in [0.25, 0.3) is 10.9 Å². The van der Waals surface area contributed by atoms with E-state index in [-0.39, 0.29) is 25.1 Å². The molecular weight excluding hydrogens is 496 g/mol. The van der Waals surface area contributed by atoms with Gasteiger partial charge in [0.2, 0.25) is 5.95 Å². The zero-order valence-electron chi connectivity index (χ0n) is 21.5. The number of halogens is 2. The summed E-state index contributed by atoms with van der Waals surface area (Å²) in [5, 5.41) is 16.4. The summed E-state index contributed by atoms with van der Waals surface area (Å²) in [5.41, 5.74) is 1.25. The molecule has 2 aliphatic heterocycles. The molecule has 2 aliphatic rings. The van der Waals surface area contributed by atoms with Gasteiger partial charge in [-0.3, -0.25) is 4.79 Å². The van der Waals surface area contributed by atoms with Crippen molar-refractivity contribution in [1.29, 1.82) is 0 Å². The van der Waals surface area contributed by atoms with E-state index in [1.807, 2.05) is 10.6 Å². The van der Waals surface area contributed by atoms with Crippen molar-refractivity contribution in [2.45, 2.75) is 63.6 Å². The zero-order chi connectivity index (χ0) is 26.8. The predicted octanol–water partition coefficient (Wildman–Crippen LogP) is 3.31. The van der Waals surface area contributed by atoms with Crippen LogP contribution in [0.5, 0.6) is 0 Å². The van der Waals surface area contributed by atoms with Crippen molar-refractivity contribution in [3.05, 3.63) is 36.3 Å². The van der Waals surface area contributed by atoms with Gasteiger partial charge in [0, 0.05) is 49.2 Å². The van der Waals surface area contributed by atoms with E-state index >= 15 is 0 Å². The highest BCUT2D eigenvalue weighted by molar-refractivity contribution is 6.07. The van der Waals surface area contributed by atoms with Gasteiger partial charge < -0.3 is 29.9 Å². The average Bonchev–Trinajstić information content (AvgIpc) is 3.30. The number of piperidine rings is 1. The summed E-state index contributed by atoms with van der Waals surface area (Å²) in [5.74, 6) is 1.03. The maximum absolute atomic E-state index is 14.3. The van der Waals surface area contributed by atoms with Crippen LogP contribution in [0.1, 0.15) is 49.5 Å². The van der Waals surface area contributed by atoms with Crippen molar-refractivity contribution in [1.82, 2.24) is 24.8 Å². The zero-order valence-corrected chi connectivity index (χ0v) is 21.5. The first-order valence-corrected chi connectivity index (χ1v) is 13.0. The molecule has 5 rings (SSSR count). The molecular formula is C26H33F2N7O3. The highest BCUT2D eigenvalue weighted by Crippen LogP contribution is 2.29. The number of ether oxygens (including phenoxy) is 1. The molecule has 204 valence electrons. The van der Waals surface area contributed by atoms with E-state index in [4.69, 9.17) is 4.74 Å². The summed E-state index contributed by atoms with van der Waals surface area (Å²) in [4.78, 5) is 28.1. The van der Waals surface area contributed by atoms with Crippen LogP contribution in [0.15, 0.2) is 30.7 Å². The maximum Gasteiger partial charge on any atom is 0.253 e. The van der Waals surface area contributed by atoms with Gasteiger partial charge in [0.15, 0.2) is 0 Å². The smallest absolute Gasteiger partial charge is 0.253 e. The Hall–Kier alpha value is -3.38. The molecule has 10 nitrogen and oxygen atoms in total. The molecule has 5 atom stereocenters. The SMILES string of the molecule is CCC(C)n1cc(C(=O)N[C@H]2CCOC[C@H]2F)c2cnc(Nc3ccnc(N4CC[C@@H](O)[C@@H](F)C4)n3)cc21. The molecule has 0 saturated carbocycles. The fourth-order valence-electron chi connectivity index (χ4n) is 4.84. The number of carbonyl (C=O) groups excluding carboxylic acids is 1. The van der Waals surface area contributed by atoms with Crippen molar-refractivity contribution in [2.24, 2.45) is 0 Å². The number of fused-ring (bicyclic) bond motifs is 1. The summed E-state index contributed by atoms with van der Waals surface area (Å²) >= 11 is 0. The van der Waals surface area contributed by atoms with Crippen molar-refractivity contribution in [3.8, 4) is 0 Å². The average molecular weight is 530 g/mol. The molecule has 5 heterocycles. The Bertz CT molecular complexity index is 1290. The van der Waals surface area contributed by atoms with Crippen LogP contribution in [0.4, 0.5) is 26.4 Å². The van der Waals surface area contributed by atoms with Gasteiger partial charge in [0.05, 0.1) is 36.4 Å². The number of rotatable bonds is 7. The number of amides is 1. The molecule has 1 unspecified atom stereocenters. The summed E-state index contributed by atoms with van der Waals surface area (Å²) in [6, 6.07) is 3.06. The second kappa shape index (κ2) is 11.2. The van der Waals surface area contributed by atoms with Gasteiger partial charge in [0.25, 0.3) is 5.91 Å². The van der Waals surface area contributed by atoms with E-state index in [0.717, 1.165) is 11.9 Å². The molecule has 0 aromatic carbocycles. The first-order valence-electron chi connectivity index (χ1n) is 13.0. The number of pyridine rings is 1. The largest absolute Gasteiger partial charge is 0.390 e. The predicted molar refractivity (Wildman–Crippen MR) is 139 cm³/mol. The second-order valence-electron chi connectivity index (χ2n) is 9.94. The molecule has 3 aromatic rings. The van der Waals surface area contributed by atoms with E-state index in [9.17, 15) is 18.7 Å².